The summed E-state index contributed by atoms with van der Waals surface area (Å²) in [6.45, 7) is 5.80. The first-order chi connectivity index (χ1) is 4.79. The number of carbonyl (C=O) groups excluding carboxylic acids is 1. The van der Waals surface area contributed by atoms with Crippen molar-refractivity contribution in [3.8, 4) is 0 Å². The van der Waals surface area contributed by atoms with Gasteiger partial charge in [0.15, 0.2) is 0 Å². The van der Waals surface area contributed by atoms with Crippen LogP contribution in [0.25, 0.3) is 0 Å². The van der Waals surface area contributed by atoms with Crippen molar-refractivity contribution in [2.75, 3.05) is 0 Å². The van der Waals surface area contributed by atoms with Crippen LogP contribution in [0.5, 0.6) is 0 Å². The van der Waals surface area contributed by atoms with Gasteiger partial charge in [0.25, 0.3) is 0 Å². The van der Waals surface area contributed by atoms with Crippen LogP contribution in [0.4, 0.5) is 0 Å². The third-order valence-electron chi connectivity index (χ3n) is 2.40. The molecule has 0 spiro atoms. The molecule has 0 aromatic carbocycles. The Hall–Kier alpha value is -0.590. The maximum atomic E-state index is 11.1. The van der Waals surface area contributed by atoms with Crippen molar-refractivity contribution in [2.45, 2.75) is 26.2 Å². The van der Waals surface area contributed by atoms with Gasteiger partial charge in [-0.2, -0.15) is 0 Å². The van der Waals surface area contributed by atoms with Gasteiger partial charge in [-0.15, -0.1) is 6.58 Å². The fourth-order valence-corrected chi connectivity index (χ4v) is 1.75. The van der Waals surface area contributed by atoms with Gasteiger partial charge in [-0.25, -0.2) is 0 Å². The lowest BCUT2D eigenvalue weighted by Crippen LogP contribution is -2.11. The van der Waals surface area contributed by atoms with E-state index in [-0.39, 0.29) is 5.92 Å². The number of hydrogen-bond donors (Lipinski definition) is 0. The maximum absolute atomic E-state index is 11.1. The number of allylic oxidation sites excluding steroid dienone is 1. The van der Waals surface area contributed by atoms with E-state index in [1.54, 1.807) is 0 Å². The van der Waals surface area contributed by atoms with E-state index in [2.05, 4.69) is 13.5 Å². The van der Waals surface area contributed by atoms with E-state index in [0.717, 1.165) is 19.3 Å². The molecule has 0 amide bonds. The molecule has 1 aliphatic carbocycles. The zero-order valence-corrected chi connectivity index (χ0v) is 6.47. The van der Waals surface area contributed by atoms with E-state index in [1.165, 1.54) is 0 Å². The van der Waals surface area contributed by atoms with Crippen LogP contribution >= 0.6 is 0 Å². The predicted octanol–water partition coefficient (Wildman–Crippen LogP) is 2.18. The standard InChI is InChI=1S/C9H14O/c1-3-7-5-6-9(10)8(7)4-2/h3,7-8H,1,4-6H2,2H3/t7-,8+/m0/s1. The topological polar surface area (TPSA) is 17.1 Å². The molecule has 10 heavy (non-hydrogen) atoms. The molecule has 0 aliphatic heterocycles. The SMILES string of the molecule is C=C[C@H]1CCC(=O)[C@@H]1CC. The van der Waals surface area contributed by atoms with Crippen molar-refractivity contribution in [3.63, 3.8) is 0 Å². The summed E-state index contributed by atoms with van der Waals surface area (Å²) in [6.07, 6.45) is 4.71. The molecular weight excluding hydrogens is 124 g/mol. The van der Waals surface area contributed by atoms with Crippen molar-refractivity contribution in [2.24, 2.45) is 11.8 Å². The van der Waals surface area contributed by atoms with Crippen molar-refractivity contribution in [3.05, 3.63) is 12.7 Å². The molecule has 0 bridgehead atoms. The van der Waals surface area contributed by atoms with E-state index in [9.17, 15) is 4.79 Å². The van der Waals surface area contributed by atoms with Crippen LogP contribution in [-0.4, -0.2) is 5.78 Å². The Morgan fingerprint density at radius 1 is 1.80 bits per heavy atom. The van der Waals surface area contributed by atoms with Gasteiger partial charge < -0.3 is 0 Å². The molecule has 1 heteroatoms. The number of hydrogen-bond acceptors (Lipinski definition) is 1. The highest BCUT2D eigenvalue weighted by Gasteiger charge is 2.30. The second-order valence-electron chi connectivity index (χ2n) is 2.92. The highest BCUT2D eigenvalue weighted by Crippen LogP contribution is 2.31. The Morgan fingerprint density at radius 2 is 2.50 bits per heavy atom. The first-order valence-electron chi connectivity index (χ1n) is 3.94. The lowest BCUT2D eigenvalue weighted by molar-refractivity contribution is -0.121. The first kappa shape index (κ1) is 7.52. The summed E-state index contributed by atoms with van der Waals surface area (Å²) < 4.78 is 0. The minimum Gasteiger partial charge on any atom is -0.299 e. The molecule has 0 unspecified atom stereocenters. The minimum absolute atomic E-state index is 0.289. The Bertz CT molecular complexity index is 149. The van der Waals surface area contributed by atoms with Gasteiger partial charge in [0.05, 0.1) is 0 Å². The summed E-state index contributed by atoms with van der Waals surface area (Å²) in [6, 6.07) is 0. The van der Waals surface area contributed by atoms with Crippen LogP contribution in [0.2, 0.25) is 0 Å². The maximum Gasteiger partial charge on any atom is 0.136 e. The summed E-state index contributed by atoms with van der Waals surface area (Å²) in [5.41, 5.74) is 0. The van der Waals surface area contributed by atoms with Crippen LogP contribution in [0.15, 0.2) is 12.7 Å². The Kier molecular flexibility index (Phi) is 2.25. The Balaban J connectivity index is 2.62. The number of ketones is 1. The molecule has 56 valence electrons. The van der Waals surface area contributed by atoms with Gasteiger partial charge in [-0.05, 0) is 18.8 Å². The Labute approximate surface area is 62.1 Å². The van der Waals surface area contributed by atoms with Gasteiger partial charge in [-0.3, -0.25) is 4.79 Å². The minimum atomic E-state index is 0.289. The average Bonchev–Trinajstić information content (AvgIpc) is 2.30. The third kappa shape index (κ3) is 1.13. The molecule has 0 heterocycles. The zero-order chi connectivity index (χ0) is 7.56. The molecule has 0 aromatic heterocycles. The molecular formula is C9H14O. The van der Waals surface area contributed by atoms with Gasteiger partial charge >= 0.3 is 0 Å². The highest BCUT2D eigenvalue weighted by atomic mass is 16.1. The molecule has 2 atom stereocenters. The Morgan fingerprint density at radius 3 is 2.90 bits per heavy atom. The molecule has 1 saturated carbocycles. The smallest absolute Gasteiger partial charge is 0.136 e. The molecule has 0 N–H and O–H groups in total. The summed E-state index contributed by atoms with van der Waals surface area (Å²) in [5, 5.41) is 0. The zero-order valence-electron chi connectivity index (χ0n) is 6.47. The van der Waals surface area contributed by atoms with Crippen molar-refractivity contribution >= 4 is 5.78 Å². The van der Waals surface area contributed by atoms with Crippen molar-refractivity contribution < 1.29 is 4.79 Å². The van der Waals surface area contributed by atoms with Crippen molar-refractivity contribution in [1.82, 2.24) is 0 Å². The van der Waals surface area contributed by atoms with Gasteiger partial charge in [0.1, 0.15) is 5.78 Å². The van der Waals surface area contributed by atoms with Crippen molar-refractivity contribution in [1.29, 1.82) is 0 Å². The quantitative estimate of drug-likeness (QED) is 0.534. The van der Waals surface area contributed by atoms with Crippen LogP contribution < -0.4 is 0 Å². The molecule has 1 aliphatic rings. The molecule has 1 nitrogen and oxygen atoms in total. The molecule has 0 aromatic rings. The van der Waals surface area contributed by atoms with Gasteiger partial charge in [-0.1, -0.05) is 13.0 Å². The normalized spacial score (nSPS) is 32.7. The third-order valence-corrected chi connectivity index (χ3v) is 2.40. The molecule has 1 rings (SSSR count). The average molecular weight is 138 g/mol. The largest absolute Gasteiger partial charge is 0.299 e. The highest BCUT2D eigenvalue weighted by molar-refractivity contribution is 5.83. The lowest BCUT2D eigenvalue weighted by Gasteiger charge is -2.10. The van der Waals surface area contributed by atoms with E-state index in [1.807, 2.05) is 6.08 Å². The monoisotopic (exact) mass is 138 g/mol. The second kappa shape index (κ2) is 3.00. The summed E-state index contributed by atoms with van der Waals surface area (Å²) in [4.78, 5) is 11.1. The summed E-state index contributed by atoms with van der Waals surface area (Å²) in [7, 11) is 0. The van der Waals surface area contributed by atoms with E-state index in [4.69, 9.17) is 0 Å². The first-order valence-corrected chi connectivity index (χ1v) is 3.94. The van der Waals surface area contributed by atoms with E-state index >= 15 is 0 Å². The van der Waals surface area contributed by atoms with Crippen LogP contribution in [-0.2, 0) is 4.79 Å². The number of Topliss-reactive ketones (excluding diaryl/α,β-unsaturated/α-hetero) is 1. The molecule has 0 saturated heterocycles. The lowest BCUT2D eigenvalue weighted by atomic mass is 9.93. The number of rotatable bonds is 2. The molecule has 1 fully saturated rings. The van der Waals surface area contributed by atoms with Crippen LogP contribution in [0, 0.1) is 11.8 Å². The summed E-state index contributed by atoms with van der Waals surface area (Å²) in [5.74, 6) is 1.20. The van der Waals surface area contributed by atoms with E-state index in [0.29, 0.717) is 11.7 Å². The van der Waals surface area contributed by atoms with Gasteiger partial charge in [0, 0.05) is 12.3 Å². The second-order valence-corrected chi connectivity index (χ2v) is 2.92. The number of carbonyl (C=O) groups is 1. The summed E-state index contributed by atoms with van der Waals surface area (Å²) >= 11 is 0. The van der Waals surface area contributed by atoms with Gasteiger partial charge in [0.2, 0.25) is 0 Å². The van der Waals surface area contributed by atoms with Crippen LogP contribution in [0.3, 0.4) is 0 Å². The van der Waals surface area contributed by atoms with E-state index < -0.39 is 0 Å². The fourth-order valence-electron chi connectivity index (χ4n) is 1.75. The predicted molar refractivity (Wildman–Crippen MR) is 41.7 cm³/mol. The molecule has 0 radical (unpaired) electrons. The fraction of sp³-hybridized carbons (Fsp3) is 0.667. The van der Waals surface area contributed by atoms with Crippen LogP contribution in [0.1, 0.15) is 26.2 Å².